The Balaban J connectivity index is 1.45. The lowest BCUT2D eigenvalue weighted by Crippen LogP contribution is -2.07. The fourth-order valence-electron chi connectivity index (χ4n) is 2.62. The number of aldehydes is 1. The van der Waals surface area contributed by atoms with Crippen molar-refractivity contribution >= 4 is 6.29 Å². The minimum Gasteiger partial charge on any atom is -0.494 e. The number of hydrogen-bond acceptors (Lipinski definition) is 4. The third-order valence-electron chi connectivity index (χ3n) is 3.90. The Labute approximate surface area is 130 Å². The van der Waals surface area contributed by atoms with Crippen LogP contribution in [0.15, 0.2) is 24.3 Å². The lowest BCUT2D eigenvalue weighted by Gasteiger charge is -2.08. The summed E-state index contributed by atoms with van der Waals surface area (Å²) in [5, 5.41) is 8.08. The van der Waals surface area contributed by atoms with E-state index in [9.17, 15) is 4.79 Å². The molecule has 1 heterocycles. The number of hydrogen-bond donors (Lipinski definition) is 0. The van der Waals surface area contributed by atoms with Gasteiger partial charge in [-0.05, 0) is 50.3 Å². The highest BCUT2D eigenvalue weighted by molar-refractivity contribution is 5.73. The number of rotatable bonds is 8. The van der Waals surface area contributed by atoms with E-state index in [1.807, 2.05) is 22.9 Å². The van der Waals surface area contributed by atoms with Crippen LogP contribution in [0.5, 0.6) is 5.75 Å². The van der Waals surface area contributed by atoms with Crippen LogP contribution in [0.1, 0.15) is 53.3 Å². The zero-order valence-electron chi connectivity index (χ0n) is 12.9. The lowest BCUT2D eigenvalue weighted by atomic mass is 10.2. The third kappa shape index (κ3) is 3.53. The number of carbonyl (C=O) groups excluding carboxylic acids is 1. The second-order valence-electron chi connectivity index (χ2n) is 5.85. The predicted octanol–water partition coefficient (Wildman–Crippen LogP) is 3.14. The van der Waals surface area contributed by atoms with E-state index in [0.717, 1.165) is 50.0 Å². The molecule has 0 amide bonds. The van der Waals surface area contributed by atoms with Crippen molar-refractivity contribution < 1.29 is 9.53 Å². The van der Waals surface area contributed by atoms with Crippen LogP contribution in [0, 0.1) is 6.92 Å². The van der Waals surface area contributed by atoms with Crippen molar-refractivity contribution in [2.24, 2.45) is 0 Å². The summed E-state index contributed by atoms with van der Waals surface area (Å²) < 4.78 is 7.64. The molecule has 1 saturated carbocycles. The number of ether oxygens (including phenoxy) is 1. The van der Waals surface area contributed by atoms with E-state index in [1.54, 1.807) is 0 Å². The second kappa shape index (κ2) is 6.73. The molecule has 2 aromatic rings. The first-order valence-electron chi connectivity index (χ1n) is 7.86. The van der Waals surface area contributed by atoms with Gasteiger partial charge in [-0.3, -0.25) is 4.79 Å². The van der Waals surface area contributed by atoms with Crippen molar-refractivity contribution in [3.63, 3.8) is 0 Å². The van der Waals surface area contributed by atoms with Crippen molar-refractivity contribution in [3.05, 3.63) is 41.2 Å². The SMILES string of the molecule is Cc1cccc(OCCCCn2nnc(C=O)c2C2CC2)c1. The fourth-order valence-corrected chi connectivity index (χ4v) is 2.62. The van der Waals surface area contributed by atoms with Gasteiger partial charge in [0.2, 0.25) is 0 Å². The van der Waals surface area contributed by atoms with E-state index >= 15 is 0 Å². The van der Waals surface area contributed by atoms with Gasteiger partial charge >= 0.3 is 0 Å². The summed E-state index contributed by atoms with van der Waals surface area (Å²) in [5.74, 6) is 1.40. The topological polar surface area (TPSA) is 57.0 Å². The van der Waals surface area contributed by atoms with Gasteiger partial charge in [0.15, 0.2) is 6.29 Å². The molecule has 1 aromatic carbocycles. The molecule has 5 heteroatoms. The molecular formula is C17H21N3O2. The van der Waals surface area contributed by atoms with Crippen LogP contribution < -0.4 is 4.74 Å². The molecule has 1 fully saturated rings. The van der Waals surface area contributed by atoms with Crippen molar-refractivity contribution in [2.75, 3.05) is 6.61 Å². The molecule has 0 bridgehead atoms. The molecule has 0 N–H and O–H groups in total. The van der Waals surface area contributed by atoms with E-state index in [2.05, 4.69) is 23.3 Å². The smallest absolute Gasteiger partial charge is 0.172 e. The molecule has 1 aromatic heterocycles. The summed E-state index contributed by atoms with van der Waals surface area (Å²) in [6.45, 7) is 3.54. The van der Waals surface area contributed by atoms with E-state index < -0.39 is 0 Å². The van der Waals surface area contributed by atoms with Gasteiger partial charge in [0.1, 0.15) is 11.4 Å². The summed E-state index contributed by atoms with van der Waals surface area (Å²) in [6.07, 6.45) is 5.02. The zero-order valence-corrected chi connectivity index (χ0v) is 12.9. The van der Waals surface area contributed by atoms with Gasteiger partial charge in [-0.2, -0.15) is 0 Å². The molecular weight excluding hydrogens is 278 g/mol. The summed E-state index contributed by atoms with van der Waals surface area (Å²) in [7, 11) is 0. The first kappa shape index (κ1) is 14.8. The fraction of sp³-hybridized carbons (Fsp3) is 0.471. The average molecular weight is 299 g/mol. The molecule has 0 atom stereocenters. The van der Waals surface area contributed by atoms with Gasteiger partial charge in [-0.1, -0.05) is 17.3 Å². The molecule has 116 valence electrons. The van der Waals surface area contributed by atoms with Crippen molar-refractivity contribution in [1.29, 1.82) is 0 Å². The quantitative estimate of drug-likeness (QED) is 0.555. The maximum absolute atomic E-state index is 11.0. The number of benzene rings is 1. The van der Waals surface area contributed by atoms with Crippen LogP contribution in [0.4, 0.5) is 0 Å². The minimum atomic E-state index is 0.485. The summed E-state index contributed by atoms with van der Waals surface area (Å²) in [6, 6.07) is 8.08. The van der Waals surface area contributed by atoms with Crippen LogP contribution in [0.25, 0.3) is 0 Å². The molecule has 0 aliphatic heterocycles. The first-order chi connectivity index (χ1) is 10.8. The van der Waals surface area contributed by atoms with E-state index in [-0.39, 0.29) is 0 Å². The Morgan fingerprint density at radius 3 is 2.95 bits per heavy atom. The molecule has 0 saturated heterocycles. The average Bonchev–Trinajstić information content (AvgIpc) is 3.27. The first-order valence-corrected chi connectivity index (χ1v) is 7.86. The highest BCUT2D eigenvalue weighted by Crippen LogP contribution is 2.40. The van der Waals surface area contributed by atoms with Gasteiger partial charge in [-0.25, -0.2) is 4.68 Å². The molecule has 3 rings (SSSR count). The van der Waals surface area contributed by atoms with Crippen LogP contribution in [0.3, 0.4) is 0 Å². The molecule has 0 spiro atoms. The van der Waals surface area contributed by atoms with E-state index in [1.165, 1.54) is 5.56 Å². The van der Waals surface area contributed by atoms with Crippen LogP contribution >= 0.6 is 0 Å². The maximum atomic E-state index is 11.0. The standard InChI is InChI=1S/C17H21N3O2/c1-13-5-4-6-15(11-13)22-10-3-2-9-20-17(14-7-8-14)16(12-21)18-19-20/h4-6,11-12,14H,2-3,7-10H2,1H3. The Kier molecular flexibility index (Phi) is 4.51. The number of carbonyl (C=O) groups is 1. The number of aromatic nitrogens is 3. The molecule has 22 heavy (non-hydrogen) atoms. The molecule has 1 aliphatic rings. The predicted molar refractivity (Wildman–Crippen MR) is 83.3 cm³/mol. The number of aryl methyl sites for hydroxylation is 2. The van der Waals surface area contributed by atoms with Gasteiger partial charge in [0.25, 0.3) is 0 Å². The van der Waals surface area contributed by atoms with Crippen molar-refractivity contribution in [3.8, 4) is 5.75 Å². The highest BCUT2D eigenvalue weighted by Gasteiger charge is 2.30. The van der Waals surface area contributed by atoms with Gasteiger partial charge in [0.05, 0.1) is 12.3 Å². The normalized spacial score (nSPS) is 14.0. The third-order valence-corrected chi connectivity index (χ3v) is 3.90. The minimum absolute atomic E-state index is 0.485. The summed E-state index contributed by atoms with van der Waals surface area (Å²) in [5.41, 5.74) is 2.74. The Morgan fingerprint density at radius 1 is 1.36 bits per heavy atom. The largest absolute Gasteiger partial charge is 0.494 e. The Bertz CT molecular complexity index is 647. The number of nitrogens with zero attached hydrogens (tertiary/aromatic N) is 3. The molecule has 0 unspecified atom stereocenters. The van der Waals surface area contributed by atoms with Crippen LogP contribution in [0.2, 0.25) is 0 Å². The number of unbranched alkanes of at least 4 members (excludes halogenated alkanes) is 1. The van der Waals surface area contributed by atoms with E-state index in [0.29, 0.717) is 18.2 Å². The Morgan fingerprint density at radius 2 is 2.23 bits per heavy atom. The van der Waals surface area contributed by atoms with Gasteiger partial charge in [-0.15, -0.1) is 5.10 Å². The highest BCUT2D eigenvalue weighted by atomic mass is 16.5. The van der Waals surface area contributed by atoms with Crippen molar-refractivity contribution in [1.82, 2.24) is 15.0 Å². The zero-order chi connectivity index (χ0) is 15.4. The summed E-state index contributed by atoms with van der Waals surface area (Å²) in [4.78, 5) is 11.0. The molecule has 5 nitrogen and oxygen atoms in total. The van der Waals surface area contributed by atoms with Crippen LogP contribution in [-0.4, -0.2) is 27.9 Å². The van der Waals surface area contributed by atoms with Gasteiger partial charge in [0, 0.05) is 12.5 Å². The Hall–Kier alpha value is -2.17. The van der Waals surface area contributed by atoms with E-state index in [4.69, 9.17) is 4.74 Å². The van der Waals surface area contributed by atoms with Crippen molar-refractivity contribution in [2.45, 2.75) is 45.1 Å². The lowest BCUT2D eigenvalue weighted by molar-refractivity contribution is 0.111. The van der Waals surface area contributed by atoms with Gasteiger partial charge < -0.3 is 4.74 Å². The molecule has 0 radical (unpaired) electrons. The monoisotopic (exact) mass is 299 g/mol. The van der Waals surface area contributed by atoms with Crippen LogP contribution in [-0.2, 0) is 6.54 Å². The summed E-state index contributed by atoms with van der Waals surface area (Å²) >= 11 is 0. The molecule has 1 aliphatic carbocycles. The second-order valence-corrected chi connectivity index (χ2v) is 5.85. The maximum Gasteiger partial charge on any atom is 0.172 e.